The second-order valence-electron chi connectivity index (χ2n) is 4.21. The van der Waals surface area contributed by atoms with Crippen LogP contribution in [0.25, 0.3) is 0 Å². The molecular formula is C16H14BrNO2. The Kier molecular flexibility index (Phi) is 4.54. The number of hydrogen-bond donors (Lipinski definition) is 2. The lowest BCUT2D eigenvalue weighted by Crippen LogP contribution is -2.00. The molecule has 4 heteroatoms. The molecule has 0 amide bonds. The summed E-state index contributed by atoms with van der Waals surface area (Å²) in [5.74, 6) is 3.14. The van der Waals surface area contributed by atoms with E-state index in [0.717, 1.165) is 16.8 Å². The van der Waals surface area contributed by atoms with Crippen molar-refractivity contribution in [3.63, 3.8) is 0 Å². The molecule has 0 aliphatic rings. The summed E-state index contributed by atoms with van der Waals surface area (Å²) in [6.07, 6.45) is 5.37. The number of hydrogen-bond acceptors (Lipinski definition) is 3. The topological polar surface area (TPSA) is 41.5 Å². The Morgan fingerprint density at radius 3 is 2.85 bits per heavy atom. The maximum atomic E-state index is 9.76. The highest BCUT2D eigenvalue weighted by atomic mass is 79.9. The van der Waals surface area contributed by atoms with Gasteiger partial charge >= 0.3 is 0 Å². The first-order chi connectivity index (χ1) is 9.63. The Morgan fingerprint density at radius 2 is 2.15 bits per heavy atom. The quantitative estimate of drug-likeness (QED) is 0.838. The molecule has 0 heterocycles. The predicted octanol–water partition coefficient (Wildman–Crippen LogP) is 3.76. The molecule has 0 bridgehead atoms. The zero-order valence-electron chi connectivity index (χ0n) is 11.0. The van der Waals surface area contributed by atoms with E-state index < -0.39 is 0 Å². The van der Waals surface area contributed by atoms with Crippen molar-refractivity contribution >= 4 is 21.6 Å². The minimum Gasteiger partial charge on any atom is -0.503 e. The van der Waals surface area contributed by atoms with E-state index >= 15 is 0 Å². The van der Waals surface area contributed by atoms with Crippen molar-refractivity contribution in [2.75, 3.05) is 12.4 Å². The van der Waals surface area contributed by atoms with Gasteiger partial charge in [-0.05, 0) is 51.8 Å². The number of phenolic OH excluding ortho intramolecular Hbond substituents is 1. The standard InChI is InChI=1S/C16H14BrNO2/c1-3-11-5-4-6-13(7-11)18-10-12-8-14(17)16(19)15(9-12)20-2/h1,4-9,18-19H,10H2,2H3. The summed E-state index contributed by atoms with van der Waals surface area (Å²) in [4.78, 5) is 0. The number of nitrogens with one attached hydrogen (secondary N) is 1. The molecule has 102 valence electrons. The molecule has 2 aromatic rings. The number of anilines is 1. The van der Waals surface area contributed by atoms with E-state index in [9.17, 15) is 5.11 Å². The van der Waals surface area contributed by atoms with Gasteiger partial charge < -0.3 is 15.2 Å². The van der Waals surface area contributed by atoms with Crippen LogP contribution in [0.5, 0.6) is 11.5 Å². The Bertz CT molecular complexity index is 662. The lowest BCUT2D eigenvalue weighted by molar-refractivity contribution is 0.371. The number of ether oxygens (including phenoxy) is 1. The van der Waals surface area contributed by atoms with Gasteiger partial charge in [0.15, 0.2) is 11.5 Å². The third kappa shape index (κ3) is 3.25. The average Bonchev–Trinajstić information content (AvgIpc) is 2.48. The van der Waals surface area contributed by atoms with Crippen LogP contribution in [0.2, 0.25) is 0 Å². The van der Waals surface area contributed by atoms with Crippen LogP contribution >= 0.6 is 15.9 Å². The predicted molar refractivity (Wildman–Crippen MR) is 84.1 cm³/mol. The highest BCUT2D eigenvalue weighted by Gasteiger charge is 2.08. The van der Waals surface area contributed by atoms with Crippen LogP contribution in [0.3, 0.4) is 0 Å². The zero-order valence-corrected chi connectivity index (χ0v) is 12.6. The van der Waals surface area contributed by atoms with Crippen molar-refractivity contribution in [1.82, 2.24) is 0 Å². The number of terminal acetylenes is 1. The molecule has 20 heavy (non-hydrogen) atoms. The van der Waals surface area contributed by atoms with Gasteiger partial charge in [-0.3, -0.25) is 0 Å². The van der Waals surface area contributed by atoms with Crippen molar-refractivity contribution in [2.24, 2.45) is 0 Å². The molecule has 0 aliphatic heterocycles. The second-order valence-corrected chi connectivity index (χ2v) is 5.06. The number of aromatic hydroxyl groups is 1. The smallest absolute Gasteiger partial charge is 0.172 e. The van der Waals surface area contributed by atoms with Gasteiger partial charge in [0.2, 0.25) is 0 Å². The molecule has 2 rings (SSSR count). The average molecular weight is 332 g/mol. The summed E-state index contributed by atoms with van der Waals surface area (Å²) >= 11 is 3.30. The molecule has 0 aliphatic carbocycles. The molecule has 0 atom stereocenters. The molecule has 0 saturated carbocycles. The van der Waals surface area contributed by atoms with Gasteiger partial charge in [-0.25, -0.2) is 0 Å². The first-order valence-corrected chi connectivity index (χ1v) is 6.79. The van der Waals surface area contributed by atoms with E-state index in [4.69, 9.17) is 11.2 Å². The third-order valence-electron chi connectivity index (χ3n) is 2.83. The number of methoxy groups -OCH3 is 1. The van der Waals surface area contributed by atoms with Crippen molar-refractivity contribution < 1.29 is 9.84 Å². The zero-order chi connectivity index (χ0) is 14.5. The van der Waals surface area contributed by atoms with E-state index in [1.54, 1.807) is 6.07 Å². The largest absolute Gasteiger partial charge is 0.503 e. The van der Waals surface area contributed by atoms with Gasteiger partial charge in [-0.1, -0.05) is 12.0 Å². The summed E-state index contributed by atoms with van der Waals surface area (Å²) in [5.41, 5.74) is 2.76. The van der Waals surface area contributed by atoms with Crippen LogP contribution in [-0.4, -0.2) is 12.2 Å². The number of halogens is 1. The van der Waals surface area contributed by atoms with Gasteiger partial charge in [0, 0.05) is 17.8 Å². The summed E-state index contributed by atoms with van der Waals surface area (Å²) in [5, 5.41) is 13.0. The van der Waals surface area contributed by atoms with Crippen LogP contribution in [-0.2, 0) is 6.54 Å². The van der Waals surface area contributed by atoms with Crippen LogP contribution in [0.1, 0.15) is 11.1 Å². The Labute approximate surface area is 126 Å². The molecule has 3 nitrogen and oxygen atoms in total. The number of benzene rings is 2. The van der Waals surface area contributed by atoms with Crippen molar-refractivity contribution in [2.45, 2.75) is 6.54 Å². The van der Waals surface area contributed by atoms with Gasteiger partial charge in [-0.15, -0.1) is 6.42 Å². The Balaban J connectivity index is 2.15. The number of rotatable bonds is 4. The summed E-state index contributed by atoms with van der Waals surface area (Å²) in [6.45, 7) is 0.600. The molecule has 2 aromatic carbocycles. The highest BCUT2D eigenvalue weighted by Crippen LogP contribution is 2.35. The van der Waals surface area contributed by atoms with Crippen LogP contribution < -0.4 is 10.1 Å². The van der Waals surface area contributed by atoms with Crippen molar-refractivity contribution in [1.29, 1.82) is 0 Å². The third-order valence-corrected chi connectivity index (χ3v) is 3.44. The van der Waals surface area contributed by atoms with Gasteiger partial charge in [-0.2, -0.15) is 0 Å². The summed E-state index contributed by atoms with van der Waals surface area (Å²) < 4.78 is 5.72. The minimum absolute atomic E-state index is 0.102. The molecule has 0 unspecified atom stereocenters. The highest BCUT2D eigenvalue weighted by molar-refractivity contribution is 9.10. The fourth-order valence-corrected chi connectivity index (χ4v) is 2.30. The van der Waals surface area contributed by atoms with Crippen LogP contribution in [0.4, 0.5) is 5.69 Å². The lowest BCUT2D eigenvalue weighted by Gasteiger charge is -2.11. The van der Waals surface area contributed by atoms with Crippen LogP contribution in [0, 0.1) is 12.3 Å². The number of phenols is 1. The SMILES string of the molecule is C#Cc1cccc(NCc2cc(Br)c(O)c(OC)c2)c1. The fourth-order valence-electron chi connectivity index (χ4n) is 1.81. The summed E-state index contributed by atoms with van der Waals surface area (Å²) in [7, 11) is 1.52. The van der Waals surface area contributed by atoms with E-state index in [1.165, 1.54) is 7.11 Å². The first kappa shape index (κ1) is 14.3. The van der Waals surface area contributed by atoms with Crippen molar-refractivity contribution in [3.8, 4) is 23.8 Å². The van der Waals surface area contributed by atoms with Crippen LogP contribution in [0.15, 0.2) is 40.9 Å². The molecule has 0 spiro atoms. The summed E-state index contributed by atoms with van der Waals surface area (Å²) in [6, 6.07) is 11.3. The minimum atomic E-state index is 0.102. The Hall–Kier alpha value is -2.12. The van der Waals surface area contributed by atoms with E-state index in [1.807, 2.05) is 30.3 Å². The Morgan fingerprint density at radius 1 is 1.35 bits per heavy atom. The monoisotopic (exact) mass is 331 g/mol. The van der Waals surface area contributed by atoms with Gasteiger partial charge in [0.05, 0.1) is 11.6 Å². The second kappa shape index (κ2) is 6.36. The van der Waals surface area contributed by atoms with Gasteiger partial charge in [0.1, 0.15) is 0 Å². The molecule has 2 N–H and O–H groups in total. The molecule has 0 fully saturated rings. The van der Waals surface area contributed by atoms with E-state index in [-0.39, 0.29) is 5.75 Å². The van der Waals surface area contributed by atoms with E-state index in [0.29, 0.717) is 16.8 Å². The molecular weight excluding hydrogens is 318 g/mol. The van der Waals surface area contributed by atoms with E-state index in [2.05, 4.69) is 27.2 Å². The van der Waals surface area contributed by atoms with Gasteiger partial charge in [0.25, 0.3) is 0 Å². The van der Waals surface area contributed by atoms with Crippen molar-refractivity contribution in [3.05, 3.63) is 52.0 Å². The maximum absolute atomic E-state index is 9.76. The fraction of sp³-hybridized carbons (Fsp3) is 0.125. The molecule has 0 aromatic heterocycles. The molecule has 0 saturated heterocycles. The molecule has 0 radical (unpaired) electrons. The maximum Gasteiger partial charge on any atom is 0.172 e. The first-order valence-electron chi connectivity index (χ1n) is 6.00. The normalized spacial score (nSPS) is 9.85. The lowest BCUT2D eigenvalue weighted by atomic mass is 10.1.